The summed E-state index contributed by atoms with van der Waals surface area (Å²) in [6.45, 7) is 3.59. The van der Waals surface area contributed by atoms with Crippen molar-refractivity contribution in [1.29, 1.82) is 0 Å². The number of phenolic OH excluding ortho intramolecular Hbond substituents is 1. The van der Waals surface area contributed by atoms with E-state index in [0.29, 0.717) is 26.8 Å². The lowest BCUT2D eigenvalue weighted by Crippen LogP contribution is -2.12. The van der Waals surface area contributed by atoms with Gasteiger partial charge in [0.1, 0.15) is 10.6 Å². The molecule has 3 N–H and O–H groups in total. The van der Waals surface area contributed by atoms with E-state index in [1.54, 1.807) is 25.1 Å². The summed E-state index contributed by atoms with van der Waals surface area (Å²) in [5.41, 5.74) is 2.54. The number of aromatic hydroxyl groups is 1. The van der Waals surface area contributed by atoms with E-state index < -0.39 is 0 Å². The molecule has 0 aliphatic rings. The van der Waals surface area contributed by atoms with Gasteiger partial charge in [0.2, 0.25) is 0 Å². The van der Waals surface area contributed by atoms with E-state index in [4.69, 9.17) is 0 Å². The molecule has 0 radical (unpaired) electrons. The average molecular weight is 417 g/mol. The molecular weight excluding hydrogens is 398 g/mol. The fourth-order valence-electron chi connectivity index (χ4n) is 3.23. The van der Waals surface area contributed by atoms with Crippen LogP contribution in [0.15, 0.2) is 60.8 Å². The first-order valence-corrected chi connectivity index (χ1v) is 10.1. The van der Waals surface area contributed by atoms with Gasteiger partial charge in [-0.25, -0.2) is 4.98 Å². The molecule has 1 aromatic heterocycles. The van der Waals surface area contributed by atoms with Crippen LogP contribution in [0.25, 0.3) is 10.8 Å². The van der Waals surface area contributed by atoms with Crippen LogP contribution in [-0.2, 0) is 0 Å². The Morgan fingerprint density at radius 3 is 2.53 bits per heavy atom. The molecule has 0 saturated heterocycles. The van der Waals surface area contributed by atoms with Crippen molar-refractivity contribution in [2.45, 2.75) is 13.8 Å². The molecule has 0 atom stereocenters. The van der Waals surface area contributed by atoms with Crippen molar-refractivity contribution in [3.63, 3.8) is 0 Å². The van der Waals surface area contributed by atoms with Gasteiger partial charge in [-0.05, 0) is 42.3 Å². The summed E-state index contributed by atoms with van der Waals surface area (Å²) in [6.07, 6.45) is 1.42. The van der Waals surface area contributed by atoms with Crippen molar-refractivity contribution >= 4 is 44.7 Å². The van der Waals surface area contributed by atoms with E-state index in [2.05, 4.69) is 15.6 Å². The van der Waals surface area contributed by atoms with Gasteiger partial charge in [0.15, 0.2) is 5.13 Å². The summed E-state index contributed by atoms with van der Waals surface area (Å²) in [7, 11) is 0. The third-order valence-corrected chi connectivity index (χ3v) is 5.78. The van der Waals surface area contributed by atoms with Gasteiger partial charge >= 0.3 is 0 Å². The highest BCUT2D eigenvalue weighted by molar-refractivity contribution is 7.17. The highest BCUT2D eigenvalue weighted by atomic mass is 32.1. The zero-order chi connectivity index (χ0) is 21.3. The maximum absolute atomic E-state index is 12.8. The minimum absolute atomic E-state index is 0.114. The Kier molecular flexibility index (Phi) is 5.20. The molecule has 4 rings (SSSR count). The molecule has 3 aromatic carbocycles. The Morgan fingerprint density at radius 1 is 0.933 bits per heavy atom. The third kappa shape index (κ3) is 3.75. The van der Waals surface area contributed by atoms with Gasteiger partial charge in [-0.3, -0.25) is 14.9 Å². The summed E-state index contributed by atoms with van der Waals surface area (Å²) < 4.78 is 0. The first kappa shape index (κ1) is 19.6. The number of hydrogen-bond acceptors (Lipinski definition) is 5. The Bertz CT molecular complexity index is 1270. The largest absolute Gasteiger partial charge is 0.508 e. The fraction of sp³-hybridized carbons (Fsp3) is 0.0870. The van der Waals surface area contributed by atoms with Gasteiger partial charge in [0, 0.05) is 11.1 Å². The highest BCUT2D eigenvalue weighted by Crippen LogP contribution is 2.29. The molecule has 30 heavy (non-hydrogen) atoms. The maximum Gasteiger partial charge on any atom is 0.267 e. The molecule has 0 unspecified atom stereocenters. The van der Waals surface area contributed by atoms with E-state index in [9.17, 15) is 14.7 Å². The van der Waals surface area contributed by atoms with E-state index in [-0.39, 0.29) is 17.6 Å². The van der Waals surface area contributed by atoms with Crippen molar-refractivity contribution in [3.05, 3.63) is 82.4 Å². The number of hydrogen-bond donors (Lipinski definition) is 3. The first-order chi connectivity index (χ1) is 14.4. The second kappa shape index (κ2) is 7.96. The molecule has 0 bridgehead atoms. The number of aromatic nitrogens is 1. The monoisotopic (exact) mass is 417 g/mol. The summed E-state index contributed by atoms with van der Waals surface area (Å²) in [5, 5.41) is 17.6. The number of aryl methyl sites for hydroxylation is 1. The molecule has 1 heterocycles. The third-order valence-electron chi connectivity index (χ3n) is 4.87. The van der Waals surface area contributed by atoms with Crippen molar-refractivity contribution in [3.8, 4) is 5.75 Å². The second-order valence-electron chi connectivity index (χ2n) is 6.87. The van der Waals surface area contributed by atoms with Crippen LogP contribution in [0, 0.1) is 13.8 Å². The molecule has 0 aliphatic heterocycles. The Labute approximate surface area is 177 Å². The zero-order valence-corrected chi connectivity index (χ0v) is 17.2. The molecule has 7 heteroatoms. The van der Waals surface area contributed by atoms with E-state index >= 15 is 0 Å². The minimum atomic E-state index is -0.352. The number of phenols is 1. The Morgan fingerprint density at radius 2 is 1.70 bits per heavy atom. The molecule has 4 aromatic rings. The minimum Gasteiger partial charge on any atom is -0.508 e. The number of fused-ring (bicyclic) bond motifs is 1. The Hall–Kier alpha value is -3.71. The van der Waals surface area contributed by atoms with E-state index in [1.165, 1.54) is 6.20 Å². The molecule has 0 fully saturated rings. The fourth-order valence-corrected chi connectivity index (χ4v) is 3.93. The number of anilines is 2. The molecule has 2 amide bonds. The van der Waals surface area contributed by atoms with Gasteiger partial charge in [0.05, 0.1) is 11.9 Å². The predicted molar refractivity (Wildman–Crippen MR) is 120 cm³/mol. The quantitative estimate of drug-likeness (QED) is 0.430. The molecule has 150 valence electrons. The normalized spacial score (nSPS) is 10.7. The van der Waals surface area contributed by atoms with Gasteiger partial charge in [-0.1, -0.05) is 53.8 Å². The van der Waals surface area contributed by atoms with Crippen LogP contribution >= 0.6 is 11.3 Å². The number of rotatable bonds is 4. The highest BCUT2D eigenvalue weighted by Gasteiger charge is 2.17. The smallest absolute Gasteiger partial charge is 0.267 e. The lowest BCUT2D eigenvalue weighted by molar-refractivity contribution is 0.102. The average Bonchev–Trinajstić information content (AvgIpc) is 3.22. The number of amides is 2. The molecule has 6 nitrogen and oxygen atoms in total. The Balaban J connectivity index is 1.52. The lowest BCUT2D eigenvalue weighted by Gasteiger charge is -2.11. The maximum atomic E-state index is 12.8. The van der Waals surface area contributed by atoms with Crippen LogP contribution in [0.5, 0.6) is 5.75 Å². The summed E-state index contributed by atoms with van der Waals surface area (Å²) >= 11 is 1.09. The van der Waals surface area contributed by atoms with Crippen LogP contribution in [0.2, 0.25) is 0 Å². The van der Waals surface area contributed by atoms with Crippen molar-refractivity contribution < 1.29 is 14.7 Å². The number of carbonyl (C=O) groups is 2. The van der Waals surface area contributed by atoms with Crippen LogP contribution in [0.4, 0.5) is 10.8 Å². The number of thiazole rings is 1. The first-order valence-electron chi connectivity index (χ1n) is 9.29. The van der Waals surface area contributed by atoms with Crippen molar-refractivity contribution in [2.75, 3.05) is 10.6 Å². The number of nitrogens with one attached hydrogen (secondary N) is 2. The molecule has 0 spiro atoms. The number of benzene rings is 3. The molecular formula is C23H19N3O3S. The predicted octanol–water partition coefficient (Wildman–Crippen LogP) is 5.12. The second-order valence-corrected chi connectivity index (χ2v) is 7.90. The molecule has 0 aliphatic carbocycles. The summed E-state index contributed by atoms with van der Waals surface area (Å²) in [6, 6.07) is 16.5. The van der Waals surface area contributed by atoms with Crippen LogP contribution in [0.1, 0.15) is 31.2 Å². The van der Waals surface area contributed by atoms with Crippen molar-refractivity contribution in [1.82, 2.24) is 4.98 Å². The van der Waals surface area contributed by atoms with Gasteiger partial charge in [-0.15, -0.1) is 0 Å². The lowest BCUT2D eigenvalue weighted by atomic mass is 10.0. The van der Waals surface area contributed by atoms with Crippen LogP contribution in [0.3, 0.4) is 0 Å². The summed E-state index contributed by atoms with van der Waals surface area (Å²) in [4.78, 5) is 29.9. The topological polar surface area (TPSA) is 91.3 Å². The van der Waals surface area contributed by atoms with E-state index in [1.807, 2.05) is 43.3 Å². The number of nitrogens with zero attached hydrogens (tertiary/aromatic N) is 1. The molecule has 0 saturated carbocycles. The van der Waals surface area contributed by atoms with Crippen LogP contribution in [-0.4, -0.2) is 21.9 Å². The zero-order valence-electron chi connectivity index (χ0n) is 16.4. The summed E-state index contributed by atoms with van der Waals surface area (Å²) in [5.74, 6) is -0.522. The standard InChI is InChI=1S/C23H19N3O3S/c1-13-10-11-18(27)14(2)20(13)25-22(29)19-12-24-23(30-19)26-21(28)17-9-5-7-15-6-3-4-8-16(15)17/h3-12,27H,1-2H3,(H,25,29)(H,24,26,28). The van der Waals surface area contributed by atoms with Crippen molar-refractivity contribution in [2.24, 2.45) is 0 Å². The van der Waals surface area contributed by atoms with Gasteiger partial charge < -0.3 is 10.4 Å². The SMILES string of the molecule is Cc1ccc(O)c(C)c1NC(=O)c1cnc(NC(=O)c2cccc3ccccc23)s1. The van der Waals surface area contributed by atoms with Gasteiger partial charge in [-0.2, -0.15) is 0 Å². The van der Waals surface area contributed by atoms with Gasteiger partial charge in [0.25, 0.3) is 11.8 Å². The van der Waals surface area contributed by atoms with Crippen LogP contribution < -0.4 is 10.6 Å². The van der Waals surface area contributed by atoms with E-state index in [0.717, 1.165) is 27.7 Å². The number of carbonyl (C=O) groups excluding carboxylic acids is 2.